The summed E-state index contributed by atoms with van der Waals surface area (Å²) in [6.45, 7) is 6.22. The summed E-state index contributed by atoms with van der Waals surface area (Å²) in [7, 11) is 0. The fraction of sp³-hybridized carbons (Fsp3) is 0.455. The van der Waals surface area contributed by atoms with Crippen molar-refractivity contribution in [3.8, 4) is 12.3 Å². The van der Waals surface area contributed by atoms with Crippen molar-refractivity contribution in [2.75, 3.05) is 0 Å². The van der Waals surface area contributed by atoms with Gasteiger partial charge in [0, 0.05) is 5.57 Å². The standard InChI is InChI=1S/C22H22O3/c1-5-12-8-11(4)9-13(6-2)16(12)18-20(23)17-15-10-14(7-3)22(25-15)19(17)21(18)24/h3,8-10,15,17-19,22H,5-6H2,1-2,4H3/t15-,17-,18?,19+,22+/m0/s1. The van der Waals surface area contributed by atoms with Crippen molar-refractivity contribution in [2.24, 2.45) is 11.8 Å². The Labute approximate surface area is 148 Å². The Morgan fingerprint density at radius 3 is 2.24 bits per heavy atom. The molecule has 3 aliphatic rings. The number of hydrogen-bond donors (Lipinski definition) is 0. The van der Waals surface area contributed by atoms with Gasteiger partial charge in [-0.05, 0) is 42.5 Å². The summed E-state index contributed by atoms with van der Waals surface area (Å²) in [5.41, 5.74) is 5.07. The van der Waals surface area contributed by atoms with Crippen molar-refractivity contribution >= 4 is 11.6 Å². The fourth-order valence-corrected chi connectivity index (χ4v) is 4.93. The molecule has 1 unspecified atom stereocenters. The number of fused-ring (bicyclic) bond motifs is 5. The van der Waals surface area contributed by atoms with E-state index in [1.165, 1.54) is 5.56 Å². The Kier molecular flexibility index (Phi) is 3.70. The number of terminal acetylenes is 1. The molecule has 3 heteroatoms. The Morgan fingerprint density at radius 2 is 1.68 bits per heavy atom. The van der Waals surface area contributed by atoms with Gasteiger partial charge in [-0.3, -0.25) is 9.59 Å². The number of aryl methyl sites for hydroxylation is 3. The summed E-state index contributed by atoms with van der Waals surface area (Å²) in [5, 5.41) is 0. The van der Waals surface area contributed by atoms with Gasteiger partial charge < -0.3 is 4.74 Å². The first-order chi connectivity index (χ1) is 12.0. The first-order valence-corrected chi connectivity index (χ1v) is 9.05. The number of hydrogen-bond acceptors (Lipinski definition) is 3. The molecule has 1 saturated carbocycles. The second-order valence-electron chi connectivity index (χ2n) is 7.28. The van der Waals surface area contributed by atoms with Crippen LogP contribution in [0.1, 0.15) is 42.0 Å². The molecule has 2 heterocycles. The molecular formula is C22H22O3. The van der Waals surface area contributed by atoms with Gasteiger partial charge in [-0.25, -0.2) is 0 Å². The van der Waals surface area contributed by atoms with E-state index in [4.69, 9.17) is 11.2 Å². The minimum absolute atomic E-state index is 0.00315. The van der Waals surface area contributed by atoms with Crippen LogP contribution >= 0.6 is 0 Å². The highest BCUT2D eigenvalue weighted by Gasteiger charge is 2.63. The Balaban J connectivity index is 1.82. The molecule has 2 bridgehead atoms. The van der Waals surface area contributed by atoms with Crippen LogP contribution in [0.15, 0.2) is 23.8 Å². The smallest absolute Gasteiger partial charge is 0.154 e. The summed E-state index contributed by atoms with van der Waals surface area (Å²) >= 11 is 0. The van der Waals surface area contributed by atoms with E-state index in [1.807, 2.05) is 6.08 Å². The summed E-state index contributed by atoms with van der Waals surface area (Å²) in [6, 6.07) is 4.22. The number of carbonyl (C=O) groups excluding carboxylic acids is 2. The second-order valence-corrected chi connectivity index (χ2v) is 7.28. The average Bonchev–Trinajstić information content (AvgIpc) is 3.26. The van der Waals surface area contributed by atoms with Gasteiger partial charge in [0.1, 0.15) is 12.0 Å². The molecule has 1 aromatic carbocycles. The van der Waals surface area contributed by atoms with Gasteiger partial charge in [-0.15, -0.1) is 6.42 Å². The van der Waals surface area contributed by atoms with E-state index in [1.54, 1.807) is 0 Å². The van der Waals surface area contributed by atoms with Crippen LogP contribution in [-0.2, 0) is 27.2 Å². The van der Waals surface area contributed by atoms with E-state index >= 15 is 0 Å². The van der Waals surface area contributed by atoms with Crippen LogP contribution < -0.4 is 0 Å². The third-order valence-electron chi connectivity index (χ3n) is 5.96. The predicted molar refractivity (Wildman–Crippen MR) is 95.2 cm³/mol. The summed E-state index contributed by atoms with van der Waals surface area (Å²) in [6.07, 6.45) is 8.29. The number of benzene rings is 1. The maximum absolute atomic E-state index is 13.3. The molecule has 0 N–H and O–H groups in total. The number of Topliss-reactive ketones (excluding diaryl/α,β-unsaturated/α-hetero) is 2. The highest BCUT2D eigenvalue weighted by Crippen LogP contribution is 2.52. The predicted octanol–water partition coefficient (Wildman–Crippen LogP) is 2.93. The van der Waals surface area contributed by atoms with Gasteiger partial charge in [0.05, 0.1) is 17.9 Å². The van der Waals surface area contributed by atoms with Crippen molar-refractivity contribution in [1.29, 1.82) is 0 Å². The van der Waals surface area contributed by atoms with E-state index in [-0.39, 0.29) is 23.6 Å². The molecule has 4 rings (SSSR count). The molecule has 0 radical (unpaired) electrons. The topological polar surface area (TPSA) is 43.4 Å². The first-order valence-electron chi connectivity index (χ1n) is 9.05. The lowest BCUT2D eigenvalue weighted by Gasteiger charge is -2.20. The highest BCUT2D eigenvalue weighted by atomic mass is 16.5. The Bertz CT molecular complexity index is 830. The summed E-state index contributed by atoms with van der Waals surface area (Å²) in [4.78, 5) is 26.5. The molecule has 2 fully saturated rings. The zero-order valence-electron chi connectivity index (χ0n) is 14.8. The third kappa shape index (κ3) is 2.10. The molecule has 0 spiro atoms. The maximum atomic E-state index is 13.3. The van der Waals surface area contributed by atoms with E-state index in [9.17, 15) is 9.59 Å². The lowest BCUT2D eigenvalue weighted by molar-refractivity contribution is -0.127. The molecule has 3 nitrogen and oxygen atoms in total. The molecule has 1 aliphatic carbocycles. The maximum Gasteiger partial charge on any atom is 0.154 e. The second kappa shape index (κ2) is 5.68. The Morgan fingerprint density at radius 1 is 1.08 bits per heavy atom. The molecule has 2 aliphatic heterocycles. The van der Waals surface area contributed by atoms with Crippen molar-refractivity contribution in [3.63, 3.8) is 0 Å². The van der Waals surface area contributed by atoms with Gasteiger partial charge in [-0.2, -0.15) is 0 Å². The SMILES string of the molecule is C#CC1=C[C@@H]2O[C@H]1[C@H]1C(=O)C(c3c(CC)cc(C)cc3CC)C(=O)[C@H]12. The van der Waals surface area contributed by atoms with Gasteiger partial charge in [0.2, 0.25) is 0 Å². The quantitative estimate of drug-likeness (QED) is 0.630. The molecule has 5 atom stereocenters. The molecule has 1 saturated heterocycles. The normalized spacial score (nSPS) is 32.7. The van der Waals surface area contributed by atoms with E-state index in [0.717, 1.165) is 35.1 Å². The van der Waals surface area contributed by atoms with Crippen LogP contribution in [0.2, 0.25) is 0 Å². The fourth-order valence-electron chi connectivity index (χ4n) is 4.93. The van der Waals surface area contributed by atoms with Gasteiger partial charge >= 0.3 is 0 Å². The van der Waals surface area contributed by atoms with Crippen LogP contribution in [-0.4, -0.2) is 23.8 Å². The number of carbonyl (C=O) groups is 2. The molecular weight excluding hydrogens is 312 g/mol. The van der Waals surface area contributed by atoms with Crippen molar-refractivity contribution in [2.45, 2.75) is 51.7 Å². The van der Waals surface area contributed by atoms with Crippen molar-refractivity contribution < 1.29 is 14.3 Å². The van der Waals surface area contributed by atoms with Crippen LogP contribution in [0, 0.1) is 31.1 Å². The number of ether oxygens (including phenoxy) is 1. The lowest BCUT2D eigenvalue weighted by Crippen LogP contribution is -2.28. The summed E-state index contributed by atoms with van der Waals surface area (Å²) in [5.74, 6) is 1.21. The van der Waals surface area contributed by atoms with Crippen LogP contribution in [0.5, 0.6) is 0 Å². The molecule has 25 heavy (non-hydrogen) atoms. The van der Waals surface area contributed by atoms with Crippen molar-refractivity contribution in [3.05, 3.63) is 46.0 Å². The van der Waals surface area contributed by atoms with E-state index < -0.39 is 17.9 Å². The molecule has 0 aromatic heterocycles. The third-order valence-corrected chi connectivity index (χ3v) is 5.96. The van der Waals surface area contributed by atoms with E-state index in [2.05, 4.69) is 38.8 Å². The summed E-state index contributed by atoms with van der Waals surface area (Å²) < 4.78 is 5.82. The zero-order valence-corrected chi connectivity index (χ0v) is 14.8. The number of ketones is 2. The highest BCUT2D eigenvalue weighted by molar-refractivity contribution is 6.17. The first kappa shape index (κ1) is 16.3. The minimum atomic E-state index is -0.653. The van der Waals surface area contributed by atoms with E-state index in [0.29, 0.717) is 0 Å². The molecule has 128 valence electrons. The molecule has 1 aromatic rings. The van der Waals surface area contributed by atoms with Gasteiger partial charge in [0.15, 0.2) is 11.6 Å². The zero-order chi connectivity index (χ0) is 17.9. The monoisotopic (exact) mass is 334 g/mol. The van der Waals surface area contributed by atoms with Crippen LogP contribution in [0.4, 0.5) is 0 Å². The van der Waals surface area contributed by atoms with Gasteiger partial charge in [-0.1, -0.05) is 37.5 Å². The average molecular weight is 334 g/mol. The van der Waals surface area contributed by atoms with Crippen LogP contribution in [0.3, 0.4) is 0 Å². The lowest BCUT2D eigenvalue weighted by atomic mass is 9.81. The van der Waals surface area contributed by atoms with Gasteiger partial charge in [0.25, 0.3) is 0 Å². The largest absolute Gasteiger partial charge is 0.364 e. The van der Waals surface area contributed by atoms with Crippen molar-refractivity contribution in [1.82, 2.24) is 0 Å². The minimum Gasteiger partial charge on any atom is -0.364 e. The molecule has 0 amide bonds. The Hall–Kier alpha value is -2.18. The number of rotatable bonds is 3. The van der Waals surface area contributed by atoms with Crippen LogP contribution in [0.25, 0.3) is 0 Å².